The minimum atomic E-state index is -1.16. The molecule has 3 aromatic rings. The molecule has 0 fully saturated rings. The molecule has 0 aliphatic heterocycles. The van der Waals surface area contributed by atoms with Crippen LogP contribution in [0.5, 0.6) is 0 Å². The zero-order chi connectivity index (χ0) is 24.9. The molecular formula is C26H28N4O5. The summed E-state index contributed by atoms with van der Waals surface area (Å²) in [5, 5.41) is 14.7. The summed E-state index contributed by atoms with van der Waals surface area (Å²) in [4.78, 5) is 43.5. The van der Waals surface area contributed by atoms with Crippen LogP contribution in [0.3, 0.4) is 0 Å². The molecule has 0 radical (unpaired) electrons. The quantitative estimate of drug-likeness (QED) is 0.375. The highest BCUT2D eigenvalue weighted by Crippen LogP contribution is 2.44. The number of carboxylic acid groups (broad SMARTS) is 1. The number of carboxylic acids is 1. The van der Waals surface area contributed by atoms with Crippen molar-refractivity contribution in [3.63, 3.8) is 0 Å². The summed E-state index contributed by atoms with van der Waals surface area (Å²) in [5.74, 6) is -2.39. The Bertz CT molecular complexity index is 1160. The van der Waals surface area contributed by atoms with E-state index in [2.05, 4.69) is 32.7 Å². The van der Waals surface area contributed by atoms with Crippen molar-refractivity contribution in [3.05, 3.63) is 77.9 Å². The summed E-state index contributed by atoms with van der Waals surface area (Å²) in [6.07, 6.45) is 2.39. The Morgan fingerprint density at radius 1 is 1.03 bits per heavy atom. The van der Waals surface area contributed by atoms with Crippen LogP contribution in [0.4, 0.5) is 4.79 Å². The van der Waals surface area contributed by atoms with Crippen molar-refractivity contribution >= 4 is 18.0 Å². The first-order valence-electron chi connectivity index (χ1n) is 11.5. The van der Waals surface area contributed by atoms with E-state index in [4.69, 9.17) is 4.74 Å². The first-order chi connectivity index (χ1) is 16.8. The van der Waals surface area contributed by atoms with Crippen LogP contribution in [0.25, 0.3) is 11.1 Å². The van der Waals surface area contributed by atoms with Gasteiger partial charge in [0.1, 0.15) is 12.6 Å². The summed E-state index contributed by atoms with van der Waals surface area (Å²) < 4.78 is 5.54. The number of hydrogen-bond donors (Lipinski definition) is 4. The van der Waals surface area contributed by atoms with Crippen molar-refractivity contribution in [2.45, 2.75) is 38.3 Å². The lowest BCUT2D eigenvalue weighted by molar-refractivity contribution is -0.142. The van der Waals surface area contributed by atoms with Gasteiger partial charge in [-0.1, -0.05) is 55.5 Å². The Labute approximate surface area is 202 Å². The van der Waals surface area contributed by atoms with E-state index in [-0.39, 0.29) is 18.9 Å². The molecule has 0 bridgehead atoms. The predicted octanol–water partition coefficient (Wildman–Crippen LogP) is 3.08. The maximum Gasteiger partial charge on any atom is 0.407 e. The smallest absolute Gasteiger partial charge is 0.407 e. The highest BCUT2D eigenvalue weighted by Gasteiger charge is 2.30. The Balaban J connectivity index is 1.32. The zero-order valence-corrected chi connectivity index (χ0v) is 19.5. The SMILES string of the molecule is CC(NC(=O)OCC1c2ccccc2-c2ccccc21)C(C)C(=O)N[C@H](Cc1cnc[nH]1)C(=O)O. The third-order valence-corrected chi connectivity index (χ3v) is 6.45. The maximum atomic E-state index is 12.7. The van der Waals surface area contributed by atoms with Crippen molar-refractivity contribution < 1.29 is 24.2 Å². The number of nitrogens with one attached hydrogen (secondary N) is 3. The van der Waals surface area contributed by atoms with Crippen LogP contribution in [-0.2, 0) is 20.7 Å². The molecule has 4 N–H and O–H groups in total. The second-order valence-corrected chi connectivity index (χ2v) is 8.73. The van der Waals surface area contributed by atoms with Crippen LogP contribution in [0.2, 0.25) is 0 Å². The second-order valence-electron chi connectivity index (χ2n) is 8.73. The number of fused-ring (bicyclic) bond motifs is 3. The number of aromatic nitrogens is 2. The molecule has 0 saturated heterocycles. The zero-order valence-electron chi connectivity index (χ0n) is 19.5. The molecule has 35 heavy (non-hydrogen) atoms. The topological polar surface area (TPSA) is 133 Å². The number of aromatic amines is 1. The van der Waals surface area contributed by atoms with Crippen molar-refractivity contribution in [1.29, 1.82) is 0 Å². The van der Waals surface area contributed by atoms with Crippen LogP contribution < -0.4 is 10.6 Å². The maximum absolute atomic E-state index is 12.7. The van der Waals surface area contributed by atoms with E-state index in [1.807, 2.05) is 36.4 Å². The number of rotatable bonds is 9. The number of amides is 2. The van der Waals surface area contributed by atoms with Gasteiger partial charge in [-0.05, 0) is 29.2 Å². The normalized spacial score (nSPS) is 14.8. The van der Waals surface area contributed by atoms with Gasteiger partial charge in [-0.2, -0.15) is 0 Å². The van der Waals surface area contributed by atoms with Gasteiger partial charge in [0, 0.05) is 30.3 Å². The van der Waals surface area contributed by atoms with E-state index in [0.29, 0.717) is 5.69 Å². The van der Waals surface area contributed by atoms with Gasteiger partial charge in [-0.3, -0.25) is 4.79 Å². The summed E-state index contributed by atoms with van der Waals surface area (Å²) in [5.41, 5.74) is 5.09. The van der Waals surface area contributed by atoms with Gasteiger partial charge >= 0.3 is 12.1 Å². The van der Waals surface area contributed by atoms with Gasteiger partial charge < -0.3 is 25.5 Å². The molecule has 1 aromatic heterocycles. The molecule has 4 rings (SSSR count). The summed E-state index contributed by atoms with van der Waals surface area (Å²) >= 11 is 0. The predicted molar refractivity (Wildman–Crippen MR) is 129 cm³/mol. The minimum Gasteiger partial charge on any atom is -0.480 e. The summed E-state index contributed by atoms with van der Waals surface area (Å²) in [6.45, 7) is 3.47. The van der Waals surface area contributed by atoms with Crippen LogP contribution in [0, 0.1) is 5.92 Å². The molecule has 0 spiro atoms. The van der Waals surface area contributed by atoms with Crippen LogP contribution in [0.1, 0.15) is 36.6 Å². The molecule has 2 aromatic carbocycles. The number of nitrogens with zero attached hydrogens (tertiary/aromatic N) is 1. The lowest BCUT2D eigenvalue weighted by Gasteiger charge is -2.23. The van der Waals surface area contributed by atoms with Gasteiger partial charge in [0.25, 0.3) is 0 Å². The van der Waals surface area contributed by atoms with E-state index >= 15 is 0 Å². The van der Waals surface area contributed by atoms with Gasteiger partial charge in [-0.15, -0.1) is 0 Å². The fourth-order valence-corrected chi connectivity index (χ4v) is 4.30. The summed E-state index contributed by atoms with van der Waals surface area (Å²) in [7, 11) is 0. The molecular weight excluding hydrogens is 448 g/mol. The van der Waals surface area contributed by atoms with E-state index in [1.54, 1.807) is 13.8 Å². The molecule has 3 atom stereocenters. The van der Waals surface area contributed by atoms with Crippen LogP contribution >= 0.6 is 0 Å². The molecule has 1 heterocycles. The number of aliphatic carboxylic acids is 1. The average Bonchev–Trinajstić information content (AvgIpc) is 3.47. The third-order valence-electron chi connectivity index (χ3n) is 6.45. The monoisotopic (exact) mass is 476 g/mol. The molecule has 1 aliphatic rings. The van der Waals surface area contributed by atoms with Crippen molar-refractivity contribution in [2.24, 2.45) is 5.92 Å². The molecule has 0 saturated carbocycles. The van der Waals surface area contributed by atoms with E-state index in [1.165, 1.54) is 12.5 Å². The first-order valence-corrected chi connectivity index (χ1v) is 11.5. The van der Waals surface area contributed by atoms with Crippen molar-refractivity contribution in [1.82, 2.24) is 20.6 Å². The fraction of sp³-hybridized carbons (Fsp3) is 0.308. The van der Waals surface area contributed by atoms with Gasteiger partial charge in [0.2, 0.25) is 5.91 Å². The molecule has 2 amide bonds. The standard InChI is InChI=1S/C26H28N4O5/c1-15(24(31)30-23(25(32)33)11-17-12-27-14-28-17)16(2)29-26(34)35-13-22-20-9-5-3-7-18(20)19-8-4-6-10-21(19)22/h3-10,12,14-16,22-23H,11,13H2,1-2H3,(H,27,28)(H,29,34)(H,30,31)(H,32,33)/t15?,16?,23-/m1/s1. The largest absolute Gasteiger partial charge is 0.480 e. The second kappa shape index (κ2) is 10.4. The molecule has 9 heteroatoms. The highest BCUT2D eigenvalue weighted by atomic mass is 16.5. The number of benzene rings is 2. The van der Waals surface area contributed by atoms with Crippen LogP contribution in [0.15, 0.2) is 61.1 Å². The third kappa shape index (κ3) is 5.34. The minimum absolute atomic E-state index is 0.0667. The average molecular weight is 477 g/mol. The van der Waals surface area contributed by atoms with Gasteiger partial charge in [-0.25, -0.2) is 14.6 Å². The number of H-pyrrole nitrogens is 1. The Kier molecular flexibility index (Phi) is 7.14. The lowest BCUT2D eigenvalue weighted by Crippen LogP contribution is -2.49. The molecule has 1 aliphatic carbocycles. The lowest BCUT2D eigenvalue weighted by atomic mass is 9.98. The number of ether oxygens (including phenoxy) is 1. The Hall–Kier alpha value is -4.14. The molecule has 182 valence electrons. The number of carbonyl (C=O) groups is 3. The van der Waals surface area contributed by atoms with Crippen molar-refractivity contribution in [2.75, 3.05) is 6.61 Å². The van der Waals surface area contributed by atoms with Gasteiger partial charge in [0.05, 0.1) is 12.2 Å². The van der Waals surface area contributed by atoms with Crippen molar-refractivity contribution in [3.8, 4) is 11.1 Å². The Morgan fingerprint density at radius 3 is 2.23 bits per heavy atom. The molecule has 9 nitrogen and oxygen atoms in total. The highest BCUT2D eigenvalue weighted by molar-refractivity contribution is 5.85. The number of hydrogen-bond acceptors (Lipinski definition) is 5. The number of alkyl carbamates (subject to hydrolysis) is 1. The fourth-order valence-electron chi connectivity index (χ4n) is 4.30. The van der Waals surface area contributed by atoms with E-state index in [9.17, 15) is 19.5 Å². The summed E-state index contributed by atoms with van der Waals surface area (Å²) in [6, 6.07) is 14.4. The number of carbonyl (C=O) groups excluding carboxylic acids is 2. The first kappa shape index (κ1) is 24.0. The van der Waals surface area contributed by atoms with E-state index in [0.717, 1.165) is 22.3 Å². The van der Waals surface area contributed by atoms with Crippen LogP contribution in [-0.4, -0.2) is 51.7 Å². The Morgan fingerprint density at radius 2 is 1.66 bits per heavy atom. The number of imidazole rings is 1. The van der Waals surface area contributed by atoms with E-state index < -0.39 is 36.0 Å². The molecule has 2 unspecified atom stereocenters. The van der Waals surface area contributed by atoms with Gasteiger partial charge in [0.15, 0.2) is 0 Å².